The number of anilines is 1. The molecule has 1 amide bonds. The van der Waals surface area contributed by atoms with E-state index in [1.54, 1.807) is 11.3 Å². The number of halogens is 1. The van der Waals surface area contributed by atoms with Crippen molar-refractivity contribution >= 4 is 34.0 Å². The maximum absolute atomic E-state index is 12.6. The number of piperazine rings is 1. The maximum atomic E-state index is 12.6. The molecule has 0 radical (unpaired) electrons. The molecule has 2 saturated heterocycles. The van der Waals surface area contributed by atoms with Crippen molar-refractivity contribution in [3.8, 4) is 0 Å². The molecule has 1 aromatic heterocycles. The minimum absolute atomic E-state index is 0.187. The Balaban J connectivity index is 1.26. The maximum Gasteiger partial charge on any atom is 0.227 e. The Morgan fingerprint density at radius 1 is 1.00 bits per heavy atom. The average Bonchev–Trinajstić information content (AvgIpc) is 3.19. The molecule has 0 N–H and O–H groups in total. The molecule has 0 atom stereocenters. The number of nitrogens with zero attached hydrogens (tertiary/aromatic N) is 4. The summed E-state index contributed by atoms with van der Waals surface area (Å²) in [5, 5.41) is 3.99. The molecule has 0 spiro atoms. The Morgan fingerprint density at radius 2 is 1.71 bits per heavy atom. The Kier molecular flexibility index (Phi) is 6.50. The first kappa shape index (κ1) is 19.7. The summed E-state index contributed by atoms with van der Waals surface area (Å²) < 4.78 is 0. The smallest absolute Gasteiger partial charge is 0.227 e. The predicted molar refractivity (Wildman–Crippen MR) is 115 cm³/mol. The lowest BCUT2D eigenvalue weighted by Gasteiger charge is -2.34. The van der Waals surface area contributed by atoms with Crippen LogP contribution in [0.3, 0.4) is 0 Å². The zero-order valence-electron chi connectivity index (χ0n) is 16.1. The van der Waals surface area contributed by atoms with Crippen LogP contribution in [0.2, 0.25) is 5.02 Å². The summed E-state index contributed by atoms with van der Waals surface area (Å²) >= 11 is 7.65. The van der Waals surface area contributed by atoms with Crippen LogP contribution < -0.4 is 4.90 Å². The molecule has 7 heteroatoms. The minimum atomic E-state index is 0.187. The number of carbonyl (C=O) groups is 1. The van der Waals surface area contributed by atoms with Crippen molar-refractivity contribution in [2.24, 2.45) is 0 Å². The van der Waals surface area contributed by atoms with Gasteiger partial charge in [-0.05, 0) is 43.6 Å². The largest absolute Gasteiger partial charge is 0.345 e. The fourth-order valence-electron chi connectivity index (χ4n) is 3.90. The standard InChI is InChI=1S/C21H27ClN4OS/c22-18-6-4-17(5-7-18)14-20(27)25-10-12-26(13-11-25)21-23-19(16-28-21)15-24-8-2-1-3-9-24/h4-7,16H,1-3,8-15H2. The third-order valence-electron chi connectivity index (χ3n) is 5.55. The second-order valence-corrected chi connectivity index (χ2v) is 8.90. The van der Waals surface area contributed by atoms with Crippen LogP contribution >= 0.6 is 22.9 Å². The van der Waals surface area contributed by atoms with Crippen molar-refractivity contribution in [3.63, 3.8) is 0 Å². The average molecular weight is 419 g/mol. The molecule has 1 aromatic carbocycles. The van der Waals surface area contributed by atoms with Gasteiger partial charge in [0, 0.05) is 43.1 Å². The first-order valence-electron chi connectivity index (χ1n) is 10.1. The molecule has 3 heterocycles. The van der Waals surface area contributed by atoms with Crippen LogP contribution in [0.5, 0.6) is 0 Å². The van der Waals surface area contributed by atoms with Crippen LogP contribution in [0.15, 0.2) is 29.6 Å². The van der Waals surface area contributed by atoms with Crippen LogP contribution in [-0.4, -0.2) is 60.0 Å². The van der Waals surface area contributed by atoms with E-state index >= 15 is 0 Å². The molecule has 2 aliphatic heterocycles. The minimum Gasteiger partial charge on any atom is -0.345 e. The van der Waals surface area contributed by atoms with Gasteiger partial charge in [0.1, 0.15) is 0 Å². The molecule has 0 bridgehead atoms. The van der Waals surface area contributed by atoms with E-state index in [0.717, 1.165) is 43.4 Å². The molecule has 0 saturated carbocycles. The van der Waals surface area contributed by atoms with E-state index in [-0.39, 0.29) is 5.91 Å². The Bertz CT molecular complexity index is 780. The van der Waals surface area contributed by atoms with Crippen molar-refractivity contribution in [1.29, 1.82) is 0 Å². The van der Waals surface area contributed by atoms with Gasteiger partial charge in [-0.25, -0.2) is 4.98 Å². The van der Waals surface area contributed by atoms with Crippen LogP contribution in [0.25, 0.3) is 0 Å². The number of rotatable bonds is 5. The fourth-order valence-corrected chi connectivity index (χ4v) is 4.89. The number of hydrogen-bond donors (Lipinski definition) is 0. The van der Waals surface area contributed by atoms with Gasteiger partial charge >= 0.3 is 0 Å². The number of thiazole rings is 1. The molecule has 150 valence electrons. The van der Waals surface area contributed by atoms with E-state index in [4.69, 9.17) is 16.6 Å². The first-order chi connectivity index (χ1) is 13.7. The van der Waals surface area contributed by atoms with Gasteiger partial charge < -0.3 is 9.80 Å². The molecule has 0 aliphatic carbocycles. The Labute approximate surface area is 175 Å². The van der Waals surface area contributed by atoms with Crippen LogP contribution in [0.4, 0.5) is 5.13 Å². The number of piperidine rings is 1. The van der Waals surface area contributed by atoms with E-state index < -0.39 is 0 Å². The fraction of sp³-hybridized carbons (Fsp3) is 0.524. The topological polar surface area (TPSA) is 39.7 Å². The summed E-state index contributed by atoms with van der Waals surface area (Å²) in [6, 6.07) is 7.53. The molecule has 0 unspecified atom stereocenters. The van der Waals surface area contributed by atoms with Gasteiger partial charge in [0.25, 0.3) is 0 Å². The van der Waals surface area contributed by atoms with Crippen LogP contribution in [0, 0.1) is 0 Å². The predicted octanol–water partition coefficient (Wildman–Crippen LogP) is 3.67. The van der Waals surface area contributed by atoms with Gasteiger partial charge in [-0.15, -0.1) is 11.3 Å². The highest BCUT2D eigenvalue weighted by Crippen LogP contribution is 2.24. The molecule has 2 aromatic rings. The van der Waals surface area contributed by atoms with E-state index in [9.17, 15) is 4.79 Å². The van der Waals surface area contributed by atoms with Gasteiger partial charge in [0.15, 0.2) is 5.13 Å². The van der Waals surface area contributed by atoms with E-state index in [1.165, 1.54) is 38.0 Å². The van der Waals surface area contributed by atoms with Crippen molar-refractivity contribution in [3.05, 3.63) is 45.9 Å². The Morgan fingerprint density at radius 3 is 2.43 bits per heavy atom. The molecule has 2 aliphatic rings. The van der Waals surface area contributed by atoms with Gasteiger partial charge in [-0.1, -0.05) is 30.2 Å². The Hall–Kier alpha value is -1.63. The second kappa shape index (κ2) is 9.25. The summed E-state index contributed by atoms with van der Waals surface area (Å²) in [5.74, 6) is 0.187. The van der Waals surface area contributed by atoms with Gasteiger partial charge in [0.2, 0.25) is 5.91 Å². The van der Waals surface area contributed by atoms with Crippen molar-refractivity contribution < 1.29 is 4.79 Å². The number of benzene rings is 1. The zero-order valence-corrected chi connectivity index (χ0v) is 17.7. The zero-order chi connectivity index (χ0) is 19.3. The highest BCUT2D eigenvalue weighted by atomic mass is 35.5. The summed E-state index contributed by atoms with van der Waals surface area (Å²) in [4.78, 5) is 24.2. The van der Waals surface area contributed by atoms with Gasteiger partial charge in [-0.2, -0.15) is 0 Å². The quantitative estimate of drug-likeness (QED) is 0.742. The highest BCUT2D eigenvalue weighted by Gasteiger charge is 2.23. The van der Waals surface area contributed by atoms with Crippen LogP contribution in [0.1, 0.15) is 30.5 Å². The highest BCUT2D eigenvalue weighted by molar-refractivity contribution is 7.13. The van der Waals surface area contributed by atoms with E-state index in [2.05, 4.69) is 15.2 Å². The summed E-state index contributed by atoms with van der Waals surface area (Å²) in [5.41, 5.74) is 2.20. The molecule has 2 fully saturated rings. The molecule has 28 heavy (non-hydrogen) atoms. The molecule has 4 rings (SSSR count). The molecule has 5 nitrogen and oxygen atoms in total. The summed E-state index contributed by atoms with van der Waals surface area (Å²) in [6.45, 7) is 6.57. The normalized spacial score (nSPS) is 18.5. The number of likely N-dealkylation sites (tertiary alicyclic amines) is 1. The van der Waals surface area contributed by atoms with Crippen molar-refractivity contribution in [2.45, 2.75) is 32.2 Å². The third kappa shape index (κ3) is 5.04. The second-order valence-electron chi connectivity index (χ2n) is 7.63. The number of hydrogen-bond acceptors (Lipinski definition) is 5. The first-order valence-corrected chi connectivity index (χ1v) is 11.4. The lowest BCUT2D eigenvalue weighted by atomic mass is 10.1. The van der Waals surface area contributed by atoms with Crippen molar-refractivity contribution in [1.82, 2.24) is 14.8 Å². The monoisotopic (exact) mass is 418 g/mol. The lowest BCUT2D eigenvalue weighted by molar-refractivity contribution is -0.130. The third-order valence-corrected chi connectivity index (χ3v) is 6.75. The van der Waals surface area contributed by atoms with E-state index in [1.807, 2.05) is 29.2 Å². The van der Waals surface area contributed by atoms with Crippen LogP contribution in [-0.2, 0) is 17.8 Å². The SMILES string of the molecule is O=C(Cc1ccc(Cl)cc1)N1CCN(c2nc(CN3CCCCC3)cs2)CC1. The van der Waals surface area contributed by atoms with Gasteiger partial charge in [-0.3, -0.25) is 9.69 Å². The van der Waals surface area contributed by atoms with E-state index in [0.29, 0.717) is 11.4 Å². The summed E-state index contributed by atoms with van der Waals surface area (Å²) in [7, 11) is 0. The summed E-state index contributed by atoms with van der Waals surface area (Å²) in [6.07, 6.45) is 4.42. The molecular formula is C21H27ClN4OS. The van der Waals surface area contributed by atoms with Gasteiger partial charge in [0.05, 0.1) is 12.1 Å². The lowest BCUT2D eigenvalue weighted by Crippen LogP contribution is -2.49. The number of carbonyl (C=O) groups excluding carboxylic acids is 1. The van der Waals surface area contributed by atoms with Crippen molar-refractivity contribution in [2.75, 3.05) is 44.2 Å². The molecular weight excluding hydrogens is 392 g/mol. The number of aromatic nitrogens is 1. The number of amides is 1.